The van der Waals surface area contributed by atoms with Gasteiger partial charge in [0, 0.05) is 18.9 Å². The van der Waals surface area contributed by atoms with Crippen LogP contribution >= 0.6 is 0 Å². The van der Waals surface area contributed by atoms with Crippen molar-refractivity contribution in [3.05, 3.63) is 71.8 Å². The molecule has 0 aliphatic heterocycles. The highest BCUT2D eigenvalue weighted by atomic mass is 16.4. The van der Waals surface area contributed by atoms with Crippen molar-refractivity contribution in [1.82, 2.24) is 5.32 Å². The minimum atomic E-state index is -0.925. The van der Waals surface area contributed by atoms with Crippen LogP contribution < -0.4 is 5.32 Å². The molecule has 0 heterocycles. The maximum absolute atomic E-state index is 12.8. The molecule has 0 aliphatic rings. The van der Waals surface area contributed by atoms with Crippen molar-refractivity contribution in [3.63, 3.8) is 0 Å². The monoisotopic (exact) mass is 397 g/mol. The lowest BCUT2D eigenvalue weighted by molar-refractivity contribution is -0.143. The Balaban J connectivity index is 2.08. The molecule has 2 rings (SSSR count). The molecule has 2 atom stereocenters. The summed E-state index contributed by atoms with van der Waals surface area (Å²) in [5, 5.41) is 21.2. The van der Waals surface area contributed by atoms with E-state index in [0.717, 1.165) is 11.1 Å². The van der Waals surface area contributed by atoms with E-state index in [1.54, 1.807) is 0 Å². The number of carboxylic acid groups (broad SMARTS) is 2. The van der Waals surface area contributed by atoms with Crippen LogP contribution in [-0.4, -0.2) is 34.6 Å². The second-order valence-electron chi connectivity index (χ2n) is 7.14. The molecule has 2 aromatic rings. The summed E-state index contributed by atoms with van der Waals surface area (Å²) in [6, 6.07) is 18.9. The molecule has 0 saturated carbocycles. The predicted octanol–water partition coefficient (Wildman–Crippen LogP) is 3.16. The quantitative estimate of drug-likeness (QED) is 0.477. The van der Waals surface area contributed by atoms with E-state index in [0.29, 0.717) is 19.3 Å². The van der Waals surface area contributed by atoms with Crippen molar-refractivity contribution in [1.29, 1.82) is 0 Å². The third-order valence-electron chi connectivity index (χ3n) is 4.81. The van der Waals surface area contributed by atoms with Gasteiger partial charge in [0.15, 0.2) is 0 Å². The number of amides is 1. The van der Waals surface area contributed by atoms with Crippen LogP contribution in [0.3, 0.4) is 0 Å². The van der Waals surface area contributed by atoms with Crippen LogP contribution in [0.1, 0.15) is 30.4 Å². The fraction of sp³-hybridized carbons (Fsp3) is 0.348. The van der Waals surface area contributed by atoms with E-state index in [9.17, 15) is 19.5 Å². The largest absolute Gasteiger partial charge is 0.481 e. The van der Waals surface area contributed by atoms with E-state index in [-0.39, 0.29) is 25.3 Å². The van der Waals surface area contributed by atoms with Gasteiger partial charge in [-0.15, -0.1) is 0 Å². The number of carboxylic acids is 2. The van der Waals surface area contributed by atoms with Crippen LogP contribution in [0.2, 0.25) is 0 Å². The maximum Gasteiger partial charge on any atom is 0.306 e. The molecule has 0 aromatic heterocycles. The van der Waals surface area contributed by atoms with Gasteiger partial charge in [-0.25, -0.2) is 0 Å². The number of rotatable bonds is 12. The smallest absolute Gasteiger partial charge is 0.306 e. The molecule has 2 aromatic carbocycles. The van der Waals surface area contributed by atoms with Crippen molar-refractivity contribution >= 4 is 17.8 Å². The van der Waals surface area contributed by atoms with Crippen molar-refractivity contribution < 1.29 is 24.6 Å². The first kappa shape index (κ1) is 22.1. The van der Waals surface area contributed by atoms with Gasteiger partial charge in [0.1, 0.15) is 0 Å². The van der Waals surface area contributed by atoms with E-state index in [4.69, 9.17) is 5.11 Å². The first-order valence-corrected chi connectivity index (χ1v) is 9.76. The molecule has 29 heavy (non-hydrogen) atoms. The molecule has 6 nitrogen and oxygen atoms in total. The lowest BCUT2D eigenvalue weighted by Gasteiger charge is -2.21. The van der Waals surface area contributed by atoms with Gasteiger partial charge in [0.2, 0.25) is 5.91 Å². The van der Waals surface area contributed by atoms with Crippen molar-refractivity contribution in [3.8, 4) is 0 Å². The fourth-order valence-electron chi connectivity index (χ4n) is 3.29. The molecule has 0 radical (unpaired) electrons. The van der Waals surface area contributed by atoms with E-state index in [2.05, 4.69) is 5.32 Å². The molecular weight excluding hydrogens is 370 g/mol. The Hall–Kier alpha value is -3.15. The van der Waals surface area contributed by atoms with Crippen LogP contribution in [0.15, 0.2) is 60.7 Å². The number of aliphatic carboxylic acids is 2. The molecule has 0 spiro atoms. The number of hydrogen-bond acceptors (Lipinski definition) is 3. The number of carbonyl (C=O) groups excluding carboxylic acids is 1. The maximum atomic E-state index is 12.8. The van der Waals surface area contributed by atoms with Gasteiger partial charge in [-0.05, 0) is 36.8 Å². The second kappa shape index (κ2) is 11.6. The molecule has 0 saturated heterocycles. The first-order chi connectivity index (χ1) is 14.0. The van der Waals surface area contributed by atoms with Crippen molar-refractivity contribution in [2.45, 2.75) is 32.1 Å². The Morgan fingerprint density at radius 2 is 1.31 bits per heavy atom. The topological polar surface area (TPSA) is 104 Å². The molecule has 6 heteroatoms. The van der Waals surface area contributed by atoms with E-state index < -0.39 is 23.8 Å². The first-order valence-electron chi connectivity index (χ1n) is 9.76. The molecule has 1 amide bonds. The summed E-state index contributed by atoms with van der Waals surface area (Å²) in [7, 11) is 0. The van der Waals surface area contributed by atoms with Crippen LogP contribution in [0, 0.1) is 11.8 Å². The SMILES string of the molecule is O=C(O)CCCNC(=O)[C@@H](Cc1ccccc1)C[C@H](Cc1ccccc1)C(=O)O. The zero-order valence-corrected chi connectivity index (χ0v) is 16.3. The summed E-state index contributed by atoms with van der Waals surface area (Å²) < 4.78 is 0. The molecule has 3 N–H and O–H groups in total. The van der Waals surface area contributed by atoms with Gasteiger partial charge >= 0.3 is 11.9 Å². The number of nitrogens with one attached hydrogen (secondary N) is 1. The highest BCUT2D eigenvalue weighted by molar-refractivity contribution is 5.80. The Morgan fingerprint density at radius 1 is 0.793 bits per heavy atom. The number of benzene rings is 2. The van der Waals surface area contributed by atoms with Gasteiger partial charge in [-0.1, -0.05) is 60.7 Å². The molecule has 0 unspecified atom stereocenters. The minimum Gasteiger partial charge on any atom is -0.481 e. The summed E-state index contributed by atoms with van der Waals surface area (Å²) in [5.74, 6) is -3.26. The van der Waals surface area contributed by atoms with Gasteiger partial charge in [-0.2, -0.15) is 0 Å². The molecular formula is C23H27NO5. The number of carbonyl (C=O) groups is 3. The summed E-state index contributed by atoms with van der Waals surface area (Å²) in [6.45, 7) is 0.257. The average molecular weight is 397 g/mol. The minimum absolute atomic E-state index is 0.0185. The third-order valence-corrected chi connectivity index (χ3v) is 4.81. The highest BCUT2D eigenvalue weighted by Gasteiger charge is 2.27. The van der Waals surface area contributed by atoms with E-state index >= 15 is 0 Å². The Morgan fingerprint density at radius 3 is 1.79 bits per heavy atom. The average Bonchev–Trinajstić information content (AvgIpc) is 2.71. The third kappa shape index (κ3) is 8.17. The zero-order chi connectivity index (χ0) is 21.1. The van der Waals surface area contributed by atoms with E-state index in [1.807, 2.05) is 60.7 Å². The fourth-order valence-corrected chi connectivity index (χ4v) is 3.29. The van der Waals surface area contributed by atoms with E-state index in [1.165, 1.54) is 0 Å². The molecule has 0 fully saturated rings. The molecule has 154 valence electrons. The molecule has 0 bridgehead atoms. The van der Waals surface area contributed by atoms with Crippen LogP contribution in [-0.2, 0) is 27.2 Å². The lowest BCUT2D eigenvalue weighted by atomic mass is 9.85. The predicted molar refractivity (Wildman–Crippen MR) is 109 cm³/mol. The normalized spacial score (nSPS) is 12.7. The highest BCUT2D eigenvalue weighted by Crippen LogP contribution is 2.22. The summed E-state index contributed by atoms with van der Waals surface area (Å²) in [6.07, 6.45) is 1.32. The second-order valence-corrected chi connectivity index (χ2v) is 7.14. The van der Waals surface area contributed by atoms with Crippen molar-refractivity contribution in [2.24, 2.45) is 11.8 Å². The Labute approximate surface area is 170 Å². The van der Waals surface area contributed by atoms with Gasteiger partial charge in [0.25, 0.3) is 0 Å². The summed E-state index contributed by atoms with van der Waals surface area (Å²) >= 11 is 0. The van der Waals surface area contributed by atoms with Crippen LogP contribution in [0.5, 0.6) is 0 Å². The van der Waals surface area contributed by atoms with Gasteiger partial charge in [-0.3, -0.25) is 14.4 Å². The Bertz CT molecular complexity index is 791. The van der Waals surface area contributed by atoms with Gasteiger partial charge in [0.05, 0.1) is 5.92 Å². The standard InChI is InChI=1S/C23H27NO5/c25-21(26)12-7-13-24-22(27)19(14-17-8-3-1-4-9-17)16-20(23(28)29)15-18-10-5-2-6-11-18/h1-6,8-11,19-20H,7,12-16H2,(H,24,27)(H,25,26)(H,28,29)/t19-,20-/m0/s1. The molecule has 0 aliphatic carbocycles. The van der Waals surface area contributed by atoms with Crippen LogP contribution in [0.4, 0.5) is 0 Å². The Kier molecular flexibility index (Phi) is 8.89. The summed E-state index contributed by atoms with van der Waals surface area (Å²) in [5.41, 5.74) is 1.88. The van der Waals surface area contributed by atoms with Crippen LogP contribution in [0.25, 0.3) is 0 Å². The van der Waals surface area contributed by atoms with Gasteiger partial charge < -0.3 is 15.5 Å². The zero-order valence-electron chi connectivity index (χ0n) is 16.3. The van der Waals surface area contributed by atoms with Crippen molar-refractivity contribution in [2.75, 3.05) is 6.54 Å². The lowest BCUT2D eigenvalue weighted by Crippen LogP contribution is -2.35. The summed E-state index contributed by atoms with van der Waals surface area (Å²) in [4.78, 5) is 35.2. The number of hydrogen-bond donors (Lipinski definition) is 3.